The van der Waals surface area contributed by atoms with E-state index in [-0.39, 0.29) is 0 Å². The lowest BCUT2D eigenvalue weighted by Crippen LogP contribution is -2.44. The third-order valence-electron chi connectivity index (χ3n) is 2.25. The minimum atomic E-state index is -0.604. The lowest BCUT2D eigenvalue weighted by atomic mass is 10.2. The van der Waals surface area contributed by atoms with Gasteiger partial charge >= 0.3 is 0 Å². The summed E-state index contributed by atoms with van der Waals surface area (Å²) in [7, 11) is 0. The van der Waals surface area contributed by atoms with Gasteiger partial charge in [0, 0.05) is 22.8 Å². The summed E-state index contributed by atoms with van der Waals surface area (Å²) in [5.41, 5.74) is 11.8. The Morgan fingerprint density at radius 2 is 2.27 bits per heavy atom. The summed E-state index contributed by atoms with van der Waals surface area (Å²) >= 11 is 1.75. The van der Waals surface area contributed by atoms with Crippen LogP contribution in [-0.4, -0.2) is 18.5 Å². The van der Waals surface area contributed by atoms with Crippen LogP contribution in [0.25, 0.3) is 0 Å². The fourth-order valence-electron chi connectivity index (χ4n) is 1.19. The monoisotopic (exact) mass is 227 g/mol. The maximum atomic E-state index is 10.7. The molecule has 0 aliphatic heterocycles. The minimum Gasteiger partial charge on any atom is -0.368 e. The van der Waals surface area contributed by atoms with E-state index in [0.29, 0.717) is 6.54 Å². The van der Waals surface area contributed by atoms with Crippen molar-refractivity contribution in [2.45, 2.75) is 26.4 Å². The Morgan fingerprint density at radius 1 is 1.60 bits per heavy atom. The van der Waals surface area contributed by atoms with Gasteiger partial charge in [-0.25, -0.2) is 0 Å². The van der Waals surface area contributed by atoms with Crippen LogP contribution in [-0.2, 0) is 11.3 Å². The third kappa shape index (κ3) is 3.62. The summed E-state index contributed by atoms with van der Waals surface area (Å²) in [6, 6.07) is 1.54. The molecule has 1 heterocycles. The number of aryl methyl sites for hydroxylation is 2. The number of nitrogens with one attached hydrogen (secondary N) is 1. The third-order valence-corrected chi connectivity index (χ3v) is 3.40. The molecule has 0 saturated heterocycles. The van der Waals surface area contributed by atoms with E-state index in [1.807, 2.05) is 0 Å². The number of primary amides is 1. The van der Waals surface area contributed by atoms with Crippen molar-refractivity contribution in [3.8, 4) is 0 Å². The summed E-state index contributed by atoms with van der Waals surface area (Å²) in [6.45, 7) is 5.34. The van der Waals surface area contributed by atoms with Gasteiger partial charge in [-0.2, -0.15) is 0 Å². The van der Waals surface area contributed by atoms with Crippen molar-refractivity contribution in [3.05, 3.63) is 21.4 Å². The second-order valence-corrected chi connectivity index (χ2v) is 4.93. The van der Waals surface area contributed by atoms with Crippen LogP contribution in [0.2, 0.25) is 0 Å². The van der Waals surface area contributed by atoms with Gasteiger partial charge in [0.1, 0.15) is 0 Å². The molecule has 84 valence electrons. The molecule has 1 aromatic rings. The van der Waals surface area contributed by atoms with Gasteiger partial charge in [-0.3, -0.25) is 4.79 Å². The van der Waals surface area contributed by atoms with Crippen molar-refractivity contribution in [1.82, 2.24) is 5.32 Å². The molecule has 0 aromatic carbocycles. The number of rotatable bonds is 5. The molecule has 1 rings (SSSR count). The molecular weight excluding hydrogens is 210 g/mol. The van der Waals surface area contributed by atoms with Crippen LogP contribution in [0, 0.1) is 13.8 Å². The van der Waals surface area contributed by atoms with Crippen LogP contribution in [0.4, 0.5) is 0 Å². The maximum absolute atomic E-state index is 10.7. The molecule has 0 spiro atoms. The number of nitrogens with two attached hydrogens (primary N) is 2. The molecule has 0 fully saturated rings. The Morgan fingerprint density at radius 3 is 2.73 bits per heavy atom. The highest BCUT2D eigenvalue weighted by molar-refractivity contribution is 7.12. The first-order valence-electron chi connectivity index (χ1n) is 4.82. The van der Waals surface area contributed by atoms with E-state index in [1.54, 1.807) is 11.3 Å². The quantitative estimate of drug-likeness (QED) is 0.675. The maximum Gasteiger partial charge on any atom is 0.235 e. The highest BCUT2D eigenvalue weighted by Crippen LogP contribution is 2.19. The fourth-order valence-corrected chi connectivity index (χ4v) is 2.21. The van der Waals surface area contributed by atoms with Crippen molar-refractivity contribution >= 4 is 17.2 Å². The zero-order valence-electron chi connectivity index (χ0n) is 9.04. The number of hydrogen-bond acceptors (Lipinski definition) is 4. The number of thiophene rings is 1. The molecule has 0 aliphatic carbocycles. The molecule has 1 unspecified atom stereocenters. The van der Waals surface area contributed by atoms with Gasteiger partial charge in [-0.15, -0.1) is 11.3 Å². The Kier molecular flexibility index (Phi) is 4.26. The molecule has 0 saturated carbocycles. The van der Waals surface area contributed by atoms with E-state index in [2.05, 4.69) is 25.2 Å². The summed E-state index contributed by atoms with van der Waals surface area (Å²) in [6.07, 6.45) is 0. The second-order valence-electron chi connectivity index (χ2n) is 3.59. The van der Waals surface area contributed by atoms with E-state index in [1.165, 1.54) is 15.3 Å². The molecule has 1 atom stereocenters. The minimum absolute atomic E-state index is 0.422. The summed E-state index contributed by atoms with van der Waals surface area (Å²) in [5, 5.41) is 3.11. The highest BCUT2D eigenvalue weighted by Gasteiger charge is 2.08. The molecule has 15 heavy (non-hydrogen) atoms. The van der Waals surface area contributed by atoms with Gasteiger partial charge < -0.3 is 16.8 Å². The van der Waals surface area contributed by atoms with Crippen LogP contribution in [0.3, 0.4) is 0 Å². The molecule has 5 N–H and O–H groups in total. The normalized spacial score (nSPS) is 12.7. The van der Waals surface area contributed by atoms with E-state index in [0.717, 1.165) is 6.54 Å². The largest absolute Gasteiger partial charge is 0.368 e. The van der Waals surface area contributed by atoms with Crippen LogP contribution in [0.5, 0.6) is 0 Å². The van der Waals surface area contributed by atoms with Gasteiger partial charge in [0.2, 0.25) is 5.91 Å². The number of carbonyl (C=O) groups excluding carboxylic acids is 1. The Hall–Kier alpha value is -0.910. The van der Waals surface area contributed by atoms with Gasteiger partial charge in [-0.05, 0) is 25.5 Å². The smallest absolute Gasteiger partial charge is 0.235 e. The zero-order valence-corrected chi connectivity index (χ0v) is 9.86. The number of amides is 1. The lowest BCUT2D eigenvalue weighted by molar-refractivity contribution is -0.119. The summed E-state index contributed by atoms with van der Waals surface area (Å²) < 4.78 is 0. The molecular formula is C10H17N3OS. The predicted molar refractivity (Wildman–Crippen MR) is 62.7 cm³/mol. The number of hydrogen-bond donors (Lipinski definition) is 3. The summed E-state index contributed by atoms with van der Waals surface area (Å²) in [4.78, 5) is 13.2. The topological polar surface area (TPSA) is 81.1 Å². The molecule has 1 amide bonds. The summed E-state index contributed by atoms with van der Waals surface area (Å²) in [5.74, 6) is -0.471. The van der Waals surface area contributed by atoms with E-state index in [9.17, 15) is 4.79 Å². The molecule has 0 bridgehead atoms. The van der Waals surface area contributed by atoms with Crippen molar-refractivity contribution in [1.29, 1.82) is 0 Å². The van der Waals surface area contributed by atoms with Crippen LogP contribution >= 0.6 is 11.3 Å². The van der Waals surface area contributed by atoms with Gasteiger partial charge in [0.05, 0.1) is 6.04 Å². The average molecular weight is 227 g/mol. The van der Waals surface area contributed by atoms with Crippen LogP contribution < -0.4 is 16.8 Å². The van der Waals surface area contributed by atoms with E-state index in [4.69, 9.17) is 11.5 Å². The van der Waals surface area contributed by atoms with Crippen molar-refractivity contribution in [2.75, 3.05) is 6.54 Å². The number of carbonyl (C=O) groups is 1. The molecule has 0 radical (unpaired) electrons. The Bertz CT molecular complexity index is 329. The zero-order chi connectivity index (χ0) is 11.4. The Balaban J connectivity index is 2.35. The molecule has 1 aromatic heterocycles. The van der Waals surface area contributed by atoms with E-state index < -0.39 is 11.9 Å². The fraction of sp³-hybridized carbons (Fsp3) is 0.500. The molecule has 0 aliphatic rings. The van der Waals surface area contributed by atoms with Gasteiger partial charge in [0.15, 0.2) is 0 Å². The van der Waals surface area contributed by atoms with Crippen LogP contribution in [0.1, 0.15) is 15.3 Å². The van der Waals surface area contributed by atoms with Crippen molar-refractivity contribution < 1.29 is 4.79 Å². The Labute approximate surface area is 93.7 Å². The first-order chi connectivity index (χ1) is 7.00. The first kappa shape index (κ1) is 12.2. The average Bonchev–Trinajstić information content (AvgIpc) is 2.46. The highest BCUT2D eigenvalue weighted by atomic mass is 32.1. The second kappa shape index (κ2) is 5.25. The van der Waals surface area contributed by atoms with Crippen molar-refractivity contribution in [3.63, 3.8) is 0 Å². The first-order valence-corrected chi connectivity index (χ1v) is 5.64. The molecule has 4 nitrogen and oxygen atoms in total. The SMILES string of the molecule is Cc1cc(CNCC(N)C(N)=O)sc1C. The molecule has 5 heteroatoms. The van der Waals surface area contributed by atoms with Crippen molar-refractivity contribution in [2.24, 2.45) is 11.5 Å². The van der Waals surface area contributed by atoms with Crippen LogP contribution in [0.15, 0.2) is 6.07 Å². The standard InChI is InChI=1S/C10H17N3OS/c1-6-3-8(15-7(6)2)4-13-5-9(11)10(12)14/h3,9,13H,4-5,11H2,1-2H3,(H2,12,14). The van der Waals surface area contributed by atoms with Gasteiger partial charge in [0.25, 0.3) is 0 Å². The van der Waals surface area contributed by atoms with E-state index >= 15 is 0 Å². The van der Waals surface area contributed by atoms with Gasteiger partial charge in [-0.1, -0.05) is 0 Å². The lowest BCUT2D eigenvalue weighted by Gasteiger charge is -2.07. The predicted octanol–water partition coefficient (Wildman–Crippen LogP) is 0.267.